The number of hydrogen-bond donors (Lipinski definition) is 1. The molecule has 0 aliphatic carbocycles. The van der Waals surface area contributed by atoms with Gasteiger partial charge in [-0.2, -0.15) is 0 Å². The Kier molecular flexibility index (Phi) is 6.21. The molecule has 0 spiro atoms. The number of hydrogen-bond acceptors (Lipinski definition) is 2. The SMILES string of the molecule is C=C\C=C(O)/C=C1\CC(C)=C(/C=C\C)N(C=C)\C1=N/C=C. The highest BCUT2D eigenvalue weighted by Crippen LogP contribution is 2.29. The third-order valence-electron chi connectivity index (χ3n) is 3.00. The van der Waals surface area contributed by atoms with Crippen molar-refractivity contribution in [2.75, 3.05) is 0 Å². The van der Waals surface area contributed by atoms with Gasteiger partial charge in [0.25, 0.3) is 0 Å². The number of aliphatic hydroxyl groups is 1. The monoisotopic (exact) mass is 282 g/mol. The van der Waals surface area contributed by atoms with Gasteiger partial charge in [-0.3, -0.25) is 0 Å². The van der Waals surface area contributed by atoms with Crippen LogP contribution in [0.1, 0.15) is 20.3 Å². The van der Waals surface area contributed by atoms with E-state index >= 15 is 0 Å². The molecule has 110 valence electrons. The quantitative estimate of drug-likeness (QED) is 0.581. The zero-order valence-electron chi connectivity index (χ0n) is 12.7. The van der Waals surface area contributed by atoms with Gasteiger partial charge in [0.15, 0.2) is 0 Å². The predicted molar refractivity (Wildman–Crippen MR) is 90.8 cm³/mol. The zero-order valence-corrected chi connectivity index (χ0v) is 12.7. The summed E-state index contributed by atoms with van der Waals surface area (Å²) in [5.41, 5.74) is 3.11. The van der Waals surface area contributed by atoms with Crippen LogP contribution in [0, 0.1) is 0 Å². The molecule has 0 unspecified atom stereocenters. The van der Waals surface area contributed by atoms with Gasteiger partial charge in [0.05, 0.1) is 0 Å². The number of rotatable bonds is 5. The molecule has 0 aromatic rings. The van der Waals surface area contributed by atoms with E-state index < -0.39 is 0 Å². The van der Waals surface area contributed by atoms with Crippen molar-refractivity contribution < 1.29 is 5.11 Å². The zero-order chi connectivity index (χ0) is 15.8. The van der Waals surface area contributed by atoms with Crippen LogP contribution in [0.4, 0.5) is 0 Å². The van der Waals surface area contributed by atoms with Gasteiger partial charge >= 0.3 is 0 Å². The lowest BCUT2D eigenvalue weighted by molar-refractivity contribution is 0.432. The van der Waals surface area contributed by atoms with Crippen molar-refractivity contribution in [1.82, 2.24) is 4.90 Å². The summed E-state index contributed by atoms with van der Waals surface area (Å²) in [6.45, 7) is 15.1. The van der Waals surface area contributed by atoms with Crippen molar-refractivity contribution in [2.45, 2.75) is 20.3 Å². The Morgan fingerprint density at radius 3 is 2.57 bits per heavy atom. The first-order valence-corrected chi connectivity index (χ1v) is 6.74. The summed E-state index contributed by atoms with van der Waals surface area (Å²) in [5.74, 6) is 0.853. The Morgan fingerprint density at radius 2 is 2.05 bits per heavy atom. The van der Waals surface area contributed by atoms with E-state index in [0.717, 1.165) is 11.3 Å². The lowest BCUT2D eigenvalue weighted by Crippen LogP contribution is -2.30. The summed E-state index contributed by atoms with van der Waals surface area (Å²) in [6, 6.07) is 0. The number of allylic oxidation sites excluding steroid dienone is 6. The van der Waals surface area contributed by atoms with Crippen LogP contribution < -0.4 is 0 Å². The fraction of sp³-hybridized carbons (Fsp3) is 0.167. The smallest absolute Gasteiger partial charge is 0.140 e. The molecule has 0 aromatic heterocycles. The summed E-state index contributed by atoms with van der Waals surface area (Å²) >= 11 is 0. The molecular formula is C18H22N2O. The summed E-state index contributed by atoms with van der Waals surface area (Å²) in [5, 5.41) is 9.86. The highest BCUT2D eigenvalue weighted by Gasteiger charge is 2.23. The van der Waals surface area contributed by atoms with Gasteiger partial charge in [-0.15, -0.1) is 0 Å². The standard InChI is InChI=1S/C18H22N2O/c1-6-10-16(21)13-15-12-14(5)17(11-7-2)20(9-4)18(15)19-8-3/h6-11,13,21H,1,3-4,12H2,2,5H3/b11-7-,15-13+,16-10+,19-18-. The first-order valence-electron chi connectivity index (χ1n) is 6.74. The lowest BCUT2D eigenvalue weighted by Gasteiger charge is -2.31. The van der Waals surface area contributed by atoms with E-state index in [-0.39, 0.29) is 5.76 Å². The second-order valence-corrected chi connectivity index (χ2v) is 4.53. The van der Waals surface area contributed by atoms with Crippen molar-refractivity contribution in [1.29, 1.82) is 0 Å². The maximum absolute atomic E-state index is 9.86. The van der Waals surface area contributed by atoms with E-state index in [9.17, 15) is 5.11 Å². The van der Waals surface area contributed by atoms with Crippen molar-refractivity contribution in [3.8, 4) is 0 Å². The van der Waals surface area contributed by atoms with Crippen molar-refractivity contribution in [3.63, 3.8) is 0 Å². The third kappa shape index (κ3) is 3.96. The average Bonchev–Trinajstić information content (AvgIpc) is 2.44. The fourth-order valence-electron chi connectivity index (χ4n) is 2.19. The van der Waals surface area contributed by atoms with Gasteiger partial charge in [0, 0.05) is 23.7 Å². The van der Waals surface area contributed by atoms with Gasteiger partial charge < -0.3 is 10.0 Å². The molecule has 0 aromatic carbocycles. The topological polar surface area (TPSA) is 35.8 Å². The second kappa shape index (κ2) is 7.90. The second-order valence-electron chi connectivity index (χ2n) is 4.53. The highest BCUT2D eigenvalue weighted by atomic mass is 16.3. The number of nitrogens with zero attached hydrogens (tertiary/aromatic N) is 2. The van der Waals surface area contributed by atoms with Crippen LogP contribution in [0.15, 0.2) is 90.1 Å². The molecule has 0 saturated heterocycles. The molecule has 0 amide bonds. The van der Waals surface area contributed by atoms with E-state index in [1.807, 2.05) is 24.0 Å². The summed E-state index contributed by atoms with van der Waals surface area (Å²) in [4.78, 5) is 6.23. The summed E-state index contributed by atoms with van der Waals surface area (Å²) < 4.78 is 0. The molecule has 1 N–H and O–H groups in total. The van der Waals surface area contributed by atoms with E-state index in [0.29, 0.717) is 12.3 Å². The first-order chi connectivity index (χ1) is 10.1. The van der Waals surface area contributed by atoms with Crippen LogP contribution in [-0.2, 0) is 0 Å². The minimum Gasteiger partial charge on any atom is -0.508 e. The molecular weight excluding hydrogens is 260 g/mol. The Labute approximate surface area is 127 Å². The minimum atomic E-state index is 0.142. The molecule has 3 nitrogen and oxygen atoms in total. The first kappa shape index (κ1) is 16.5. The van der Waals surface area contributed by atoms with Crippen LogP contribution in [0.25, 0.3) is 0 Å². The molecule has 1 heterocycles. The molecule has 0 saturated carbocycles. The molecule has 21 heavy (non-hydrogen) atoms. The normalized spacial score (nSPS) is 20.5. The summed E-state index contributed by atoms with van der Waals surface area (Å²) in [7, 11) is 0. The van der Waals surface area contributed by atoms with Crippen molar-refractivity contribution in [2.24, 2.45) is 4.99 Å². The molecule has 1 rings (SSSR count). The van der Waals surface area contributed by atoms with E-state index in [4.69, 9.17) is 0 Å². The number of aliphatic hydroxyl groups excluding tert-OH is 1. The minimum absolute atomic E-state index is 0.142. The molecule has 0 bridgehead atoms. The lowest BCUT2D eigenvalue weighted by atomic mass is 9.96. The molecule has 0 radical (unpaired) electrons. The number of aliphatic imine (C=N–C) groups is 1. The largest absolute Gasteiger partial charge is 0.508 e. The van der Waals surface area contributed by atoms with Gasteiger partial charge in [0.1, 0.15) is 11.6 Å². The third-order valence-corrected chi connectivity index (χ3v) is 3.00. The van der Waals surface area contributed by atoms with Gasteiger partial charge in [-0.25, -0.2) is 4.99 Å². The maximum Gasteiger partial charge on any atom is 0.140 e. The van der Waals surface area contributed by atoms with Gasteiger partial charge in [-0.1, -0.05) is 31.9 Å². The van der Waals surface area contributed by atoms with E-state index in [2.05, 4.69) is 31.7 Å². The van der Waals surface area contributed by atoms with Crippen LogP contribution in [0.2, 0.25) is 0 Å². The Bertz CT molecular complexity index is 586. The van der Waals surface area contributed by atoms with Crippen LogP contribution in [0.5, 0.6) is 0 Å². The molecule has 0 fully saturated rings. The number of amidine groups is 1. The van der Waals surface area contributed by atoms with Crippen molar-refractivity contribution in [3.05, 3.63) is 85.1 Å². The Balaban J connectivity index is 3.45. The molecule has 3 heteroatoms. The maximum atomic E-state index is 9.86. The molecule has 1 aliphatic rings. The highest BCUT2D eigenvalue weighted by molar-refractivity contribution is 6.02. The van der Waals surface area contributed by atoms with E-state index in [1.165, 1.54) is 17.8 Å². The molecule has 0 atom stereocenters. The van der Waals surface area contributed by atoms with Crippen LogP contribution in [0.3, 0.4) is 0 Å². The average molecular weight is 282 g/mol. The Hall–Kier alpha value is -2.55. The molecule has 1 aliphatic heterocycles. The van der Waals surface area contributed by atoms with Crippen LogP contribution >= 0.6 is 0 Å². The fourth-order valence-corrected chi connectivity index (χ4v) is 2.19. The Morgan fingerprint density at radius 1 is 1.33 bits per heavy atom. The summed E-state index contributed by atoms with van der Waals surface area (Å²) in [6.07, 6.45) is 12.7. The van der Waals surface area contributed by atoms with Gasteiger partial charge in [0.2, 0.25) is 0 Å². The van der Waals surface area contributed by atoms with Crippen LogP contribution in [-0.4, -0.2) is 15.8 Å². The van der Waals surface area contributed by atoms with E-state index in [1.54, 1.807) is 18.4 Å². The van der Waals surface area contributed by atoms with Gasteiger partial charge in [-0.05, 0) is 44.1 Å². The predicted octanol–water partition coefficient (Wildman–Crippen LogP) is 4.78. The van der Waals surface area contributed by atoms with Crippen molar-refractivity contribution >= 4 is 5.84 Å².